The maximum Gasteiger partial charge on any atom is 0.259 e. The van der Waals surface area contributed by atoms with Crippen molar-refractivity contribution in [3.8, 4) is 23.0 Å². The second-order valence-electron chi connectivity index (χ2n) is 6.96. The summed E-state index contributed by atoms with van der Waals surface area (Å²) in [5.41, 5.74) is 1.35. The smallest absolute Gasteiger partial charge is 0.259 e. The average molecular weight is 475 g/mol. The number of carbonyl (C=O) groups is 1. The summed E-state index contributed by atoms with van der Waals surface area (Å²) in [5, 5.41) is 3.17. The van der Waals surface area contributed by atoms with Gasteiger partial charge in [-0.05, 0) is 54.1 Å². The number of hydrogen-bond donors (Lipinski definition) is 2. The highest BCUT2D eigenvalue weighted by atomic mass is 35.5. The Morgan fingerprint density at radius 2 is 1.72 bits per heavy atom. The number of rotatable bonds is 6. The predicted molar refractivity (Wildman–Crippen MR) is 122 cm³/mol. The molecule has 0 unspecified atom stereocenters. The molecule has 1 heterocycles. The van der Waals surface area contributed by atoms with E-state index in [1.165, 1.54) is 32.4 Å². The fourth-order valence-corrected chi connectivity index (χ4v) is 4.61. The lowest BCUT2D eigenvalue weighted by atomic mass is 10.1. The Bertz CT molecular complexity index is 1310. The van der Waals surface area contributed by atoms with Gasteiger partial charge in [-0.15, -0.1) is 0 Å². The second kappa shape index (κ2) is 8.60. The minimum Gasteiger partial charge on any atom is -0.493 e. The first-order chi connectivity index (χ1) is 15.3. The Kier molecular flexibility index (Phi) is 5.86. The first-order valence-corrected chi connectivity index (χ1v) is 11.5. The summed E-state index contributed by atoms with van der Waals surface area (Å²) >= 11 is 5.99. The molecule has 3 aromatic rings. The Morgan fingerprint density at radius 1 is 0.969 bits per heavy atom. The summed E-state index contributed by atoms with van der Waals surface area (Å²) in [7, 11) is -0.804. The molecule has 166 valence electrons. The van der Waals surface area contributed by atoms with Crippen LogP contribution in [0, 0.1) is 0 Å². The van der Waals surface area contributed by atoms with Crippen LogP contribution in [0.4, 0.5) is 11.4 Å². The summed E-state index contributed by atoms with van der Waals surface area (Å²) in [6.45, 7) is 0. The number of benzene rings is 3. The molecule has 1 amide bonds. The molecule has 2 N–H and O–H groups in total. The van der Waals surface area contributed by atoms with Crippen LogP contribution in [0.3, 0.4) is 0 Å². The Labute approximate surface area is 190 Å². The fourth-order valence-electron chi connectivity index (χ4n) is 3.26. The molecule has 3 aromatic carbocycles. The molecule has 32 heavy (non-hydrogen) atoms. The van der Waals surface area contributed by atoms with Crippen molar-refractivity contribution in [3.05, 3.63) is 70.7 Å². The highest BCUT2D eigenvalue weighted by Crippen LogP contribution is 2.38. The van der Waals surface area contributed by atoms with Crippen LogP contribution in [0.1, 0.15) is 15.9 Å². The minimum absolute atomic E-state index is 0.184. The molecule has 1 aliphatic heterocycles. The molecule has 0 atom stereocenters. The van der Waals surface area contributed by atoms with E-state index in [2.05, 4.69) is 10.0 Å². The lowest BCUT2D eigenvalue weighted by Gasteiger charge is -2.12. The largest absolute Gasteiger partial charge is 0.493 e. The van der Waals surface area contributed by atoms with Gasteiger partial charge in [0.2, 0.25) is 10.0 Å². The van der Waals surface area contributed by atoms with E-state index in [0.29, 0.717) is 39.3 Å². The van der Waals surface area contributed by atoms with Gasteiger partial charge in [0, 0.05) is 10.7 Å². The SMILES string of the molecule is COc1ccc(CS(=O)(=O)Nc2ccc3c(c2)C(=O)Nc2cc(Cl)ccc2O3)cc1OC. The lowest BCUT2D eigenvalue weighted by Crippen LogP contribution is -2.16. The van der Waals surface area contributed by atoms with Crippen molar-refractivity contribution in [1.29, 1.82) is 0 Å². The molecular weight excluding hydrogens is 456 g/mol. The summed E-state index contributed by atoms with van der Waals surface area (Å²) < 4.78 is 44.2. The van der Waals surface area contributed by atoms with Gasteiger partial charge in [0.25, 0.3) is 5.91 Å². The molecule has 0 saturated carbocycles. The van der Waals surface area contributed by atoms with Crippen molar-refractivity contribution in [2.24, 2.45) is 0 Å². The van der Waals surface area contributed by atoms with Gasteiger partial charge in [-0.3, -0.25) is 9.52 Å². The van der Waals surface area contributed by atoms with E-state index in [0.717, 1.165) is 0 Å². The van der Waals surface area contributed by atoms with Crippen molar-refractivity contribution in [1.82, 2.24) is 0 Å². The first-order valence-electron chi connectivity index (χ1n) is 9.42. The van der Waals surface area contributed by atoms with E-state index in [4.69, 9.17) is 25.8 Å². The third kappa shape index (κ3) is 4.58. The van der Waals surface area contributed by atoms with Gasteiger partial charge in [-0.1, -0.05) is 17.7 Å². The molecule has 0 saturated heterocycles. The molecule has 0 aliphatic carbocycles. The molecule has 0 aromatic heterocycles. The summed E-state index contributed by atoms with van der Waals surface area (Å²) in [6, 6.07) is 14.2. The molecule has 0 spiro atoms. The maximum atomic E-state index is 12.7. The van der Waals surface area contributed by atoms with Gasteiger partial charge < -0.3 is 19.5 Å². The predicted octanol–water partition coefficient (Wildman–Crippen LogP) is 4.66. The molecule has 8 nitrogen and oxygen atoms in total. The Balaban J connectivity index is 1.56. The van der Waals surface area contributed by atoms with E-state index >= 15 is 0 Å². The standard InChI is InChI=1S/C22H19ClN2O6S/c1-29-20-6-3-13(9-21(20)30-2)12-32(27,28)25-15-5-8-18-16(11-15)22(26)24-17-10-14(23)4-7-19(17)31-18/h3-11,25H,12H2,1-2H3,(H,24,26). The molecule has 0 fully saturated rings. The van der Waals surface area contributed by atoms with E-state index in [9.17, 15) is 13.2 Å². The third-order valence-corrected chi connectivity index (χ3v) is 6.21. The zero-order chi connectivity index (χ0) is 22.9. The second-order valence-corrected chi connectivity index (χ2v) is 9.12. The van der Waals surface area contributed by atoms with Crippen LogP contribution in [0.5, 0.6) is 23.0 Å². The number of sulfonamides is 1. The molecule has 0 radical (unpaired) electrons. The van der Waals surface area contributed by atoms with E-state index in [1.54, 1.807) is 36.4 Å². The summed E-state index contributed by atoms with van der Waals surface area (Å²) in [6.07, 6.45) is 0. The number of halogens is 1. The van der Waals surface area contributed by atoms with Crippen molar-refractivity contribution in [2.45, 2.75) is 5.75 Å². The van der Waals surface area contributed by atoms with Crippen molar-refractivity contribution in [3.63, 3.8) is 0 Å². The summed E-state index contributed by atoms with van der Waals surface area (Å²) in [5.74, 6) is 0.924. The molecule has 1 aliphatic rings. The van der Waals surface area contributed by atoms with Crippen LogP contribution >= 0.6 is 11.6 Å². The van der Waals surface area contributed by atoms with Crippen LogP contribution in [0.2, 0.25) is 5.02 Å². The maximum absolute atomic E-state index is 12.7. The Hall–Kier alpha value is -3.43. The number of nitrogens with one attached hydrogen (secondary N) is 2. The number of hydrogen-bond acceptors (Lipinski definition) is 6. The lowest BCUT2D eigenvalue weighted by molar-refractivity contribution is 0.102. The zero-order valence-electron chi connectivity index (χ0n) is 17.1. The van der Waals surface area contributed by atoms with Crippen molar-refractivity contribution < 1.29 is 27.4 Å². The minimum atomic E-state index is -3.78. The van der Waals surface area contributed by atoms with Gasteiger partial charge >= 0.3 is 0 Å². The Morgan fingerprint density at radius 3 is 2.47 bits per heavy atom. The molecule has 4 rings (SSSR count). The van der Waals surface area contributed by atoms with Gasteiger partial charge in [0.05, 0.1) is 31.2 Å². The first kappa shape index (κ1) is 21.8. The van der Waals surface area contributed by atoms with Gasteiger partial charge in [-0.25, -0.2) is 8.42 Å². The number of methoxy groups -OCH3 is 2. The zero-order valence-corrected chi connectivity index (χ0v) is 18.7. The van der Waals surface area contributed by atoms with E-state index in [-0.39, 0.29) is 17.0 Å². The van der Waals surface area contributed by atoms with Crippen LogP contribution in [0.15, 0.2) is 54.6 Å². The van der Waals surface area contributed by atoms with Crippen molar-refractivity contribution >= 4 is 38.9 Å². The van der Waals surface area contributed by atoms with Crippen LogP contribution < -0.4 is 24.2 Å². The van der Waals surface area contributed by atoms with Crippen LogP contribution in [0.25, 0.3) is 0 Å². The van der Waals surface area contributed by atoms with Gasteiger partial charge in [-0.2, -0.15) is 0 Å². The number of ether oxygens (including phenoxy) is 3. The molecule has 10 heteroatoms. The van der Waals surface area contributed by atoms with Gasteiger partial charge in [0.15, 0.2) is 17.2 Å². The third-order valence-electron chi connectivity index (χ3n) is 4.71. The highest BCUT2D eigenvalue weighted by molar-refractivity contribution is 7.91. The normalized spacial score (nSPS) is 12.5. The van der Waals surface area contributed by atoms with Crippen molar-refractivity contribution in [2.75, 3.05) is 24.3 Å². The number of carbonyl (C=O) groups excluding carboxylic acids is 1. The molecular formula is C22H19ClN2O6S. The van der Waals surface area contributed by atoms with Crippen LogP contribution in [-0.4, -0.2) is 28.5 Å². The van der Waals surface area contributed by atoms with Gasteiger partial charge in [0.1, 0.15) is 5.75 Å². The fraction of sp³-hybridized carbons (Fsp3) is 0.136. The average Bonchev–Trinajstić information content (AvgIpc) is 2.88. The number of amides is 1. The van der Waals surface area contributed by atoms with E-state index in [1.807, 2.05) is 0 Å². The number of anilines is 2. The van der Waals surface area contributed by atoms with E-state index < -0.39 is 15.9 Å². The highest BCUT2D eigenvalue weighted by Gasteiger charge is 2.23. The molecule has 0 bridgehead atoms. The monoisotopic (exact) mass is 474 g/mol. The quantitative estimate of drug-likeness (QED) is 0.538. The van der Waals surface area contributed by atoms with Crippen LogP contribution in [-0.2, 0) is 15.8 Å². The number of fused-ring (bicyclic) bond motifs is 2. The summed E-state index contributed by atoms with van der Waals surface area (Å²) in [4.78, 5) is 12.7. The topological polar surface area (TPSA) is 103 Å².